The van der Waals surface area contributed by atoms with E-state index in [0.717, 1.165) is 44.8 Å². The zero-order valence-electron chi connectivity index (χ0n) is 11.5. The molecule has 4 nitrogen and oxygen atoms in total. The first kappa shape index (κ1) is 13.9. The molecule has 2 fully saturated rings. The molecule has 2 aliphatic heterocycles. The fourth-order valence-electron chi connectivity index (χ4n) is 2.78. The third-order valence-electron chi connectivity index (χ3n) is 4.24. The van der Waals surface area contributed by atoms with Crippen LogP contribution in [0.1, 0.15) is 5.56 Å². The van der Waals surface area contributed by atoms with E-state index >= 15 is 0 Å². The van der Waals surface area contributed by atoms with Crippen LogP contribution >= 0.6 is 11.6 Å². The van der Waals surface area contributed by atoms with Gasteiger partial charge in [0, 0.05) is 50.3 Å². The van der Waals surface area contributed by atoms with Gasteiger partial charge in [-0.1, -0.05) is 29.8 Å². The van der Waals surface area contributed by atoms with Crippen molar-refractivity contribution in [3.05, 3.63) is 34.9 Å². The minimum absolute atomic E-state index is 0.185. The van der Waals surface area contributed by atoms with Gasteiger partial charge < -0.3 is 10.2 Å². The molecule has 0 aliphatic carbocycles. The molecule has 0 bridgehead atoms. The Balaban J connectivity index is 1.52. The molecule has 20 heavy (non-hydrogen) atoms. The van der Waals surface area contributed by atoms with Gasteiger partial charge in [-0.3, -0.25) is 9.69 Å². The quantitative estimate of drug-likeness (QED) is 0.903. The number of piperazine rings is 1. The van der Waals surface area contributed by atoms with Gasteiger partial charge in [0.25, 0.3) is 0 Å². The van der Waals surface area contributed by atoms with E-state index in [2.05, 4.69) is 10.2 Å². The van der Waals surface area contributed by atoms with Crippen molar-refractivity contribution in [2.45, 2.75) is 12.5 Å². The molecule has 2 saturated heterocycles. The fraction of sp³-hybridized carbons (Fsp3) is 0.533. The highest BCUT2D eigenvalue weighted by Gasteiger charge is 2.29. The zero-order chi connectivity index (χ0) is 13.9. The SMILES string of the molecule is O=C(Cc1ccccc1Cl)N1CCN(C2CNC2)CC1. The third-order valence-corrected chi connectivity index (χ3v) is 4.61. The first-order chi connectivity index (χ1) is 9.74. The van der Waals surface area contributed by atoms with Gasteiger partial charge in [-0.15, -0.1) is 0 Å². The second-order valence-electron chi connectivity index (χ2n) is 5.50. The van der Waals surface area contributed by atoms with E-state index in [1.54, 1.807) is 0 Å². The average Bonchev–Trinajstić information content (AvgIpc) is 2.40. The molecule has 0 aromatic heterocycles. The first-order valence-electron chi connectivity index (χ1n) is 7.20. The van der Waals surface area contributed by atoms with Crippen LogP contribution in [0.2, 0.25) is 5.02 Å². The Bertz CT molecular complexity index is 482. The lowest BCUT2D eigenvalue weighted by Crippen LogP contribution is -2.62. The predicted octanol–water partition coefficient (Wildman–Crippen LogP) is 0.998. The van der Waals surface area contributed by atoms with Crippen molar-refractivity contribution in [2.75, 3.05) is 39.3 Å². The van der Waals surface area contributed by atoms with Gasteiger partial charge in [0.15, 0.2) is 0 Å². The highest BCUT2D eigenvalue weighted by Crippen LogP contribution is 2.17. The van der Waals surface area contributed by atoms with E-state index in [1.165, 1.54) is 0 Å². The monoisotopic (exact) mass is 293 g/mol. The van der Waals surface area contributed by atoms with E-state index in [1.807, 2.05) is 29.2 Å². The normalized spacial score (nSPS) is 20.8. The predicted molar refractivity (Wildman–Crippen MR) is 80.0 cm³/mol. The maximum Gasteiger partial charge on any atom is 0.227 e. The number of amides is 1. The fourth-order valence-corrected chi connectivity index (χ4v) is 2.99. The number of carbonyl (C=O) groups excluding carboxylic acids is 1. The average molecular weight is 294 g/mol. The van der Waals surface area contributed by atoms with Crippen molar-refractivity contribution >= 4 is 17.5 Å². The van der Waals surface area contributed by atoms with Crippen LogP contribution in [0.3, 0.4) is 0 Å². The number of nitrogens with zero attached hydrogens (tertiary/aromatic N) is 2. The molecule has 108 valence electrons. The Morgan fingerprint density at radius 2 is 1.90 bits per heavy atom. The largest absolute Gasteiger partial charge is 0.340 e. The van der Waals surface area contributed by atoms with Crippen LogP contribution < -0.4 is 5.32 Å². The van der Waals surface area contributed by atoms with E-state index < -0.39 is 0 Å². The number of carbonyl (C=O) groups is 1. The lowest BCUT2D eigenvalue weighted by Gasteiger charge is -2.43. The summed E-state index contributed by atoms with van der Waals surface area (Å²) >= 11 is 6.11. The highest BCUT2D eigenvalue weighted by atomic mass is 35.5. The number of rotatable bonds is 3. The smallest absolute Gasteiger partial charge is 0.227 e. The summed E-state index contributed by atoms with van der Waals surface area (Å²) in [5.41, 5.74) is 0.921. The molecular weight excluding hydrogens is 274 g/mol. The van der Waals surface area contributed by atoms with Crippen LogP contribution in [0.5, 0.6) is 0 Å². The minimum atomic E-state index is 0.185. The molecule has 2 aliphatic rings. The second kappa shape index (κ2) is 6.12. The molecule has 5 heteroatoms. The number of nitrogens with one attached hydrogen (secondary N) is 1. The summed E-state index contributed by atoms with van der Waals surface area (Å²) < 4.78 is 0. The third kappa shape index (κ3) is 2.97. The Labute approximate surface area is 124 Å². The Kier molecular flexibility index (Phi) is 4.24. The Morgan fingerprint density at radius 3 is 2.50 bits per heavy atom. The van der Waals surface area contributed by atoms with Gasteiger partial charge >= 0.3 is 0 Å². The molecule has 2 heterocycles. The van der Waals surface area contributed by atoms with Crippen molar-refractivity contribution in [2.24, 2.45) is 0 Å². The second-order valence-corrected chi connectivity index (χ2v) is 5.90. The Hall–Kier alpha value is -1.10. The number of benzene rings is 1. The van der Waals surface area contributed by atoms with E-state index in [4.69, 9.17) is 11.6 Å². The van der Waals surface area contributed by atoms with Gasteiger partial charge in [-0.05, 0) is 11.6 Å². The standard InChI is InChI=1S/C15H20ClN3O/c16-14-4-2-1-3-12(14)9-15(20)19-7-5-18(6-8-19)13-10-17-11-13/h1-4,13,17H,5-11H2. The molecule has 1 aromatic rings. The molecule has 3 rings (SSSR count). The summed E-state index contributed by atoms with van der Waals surface area (Å²) in [5, 5.41) is 3.98. The molecule has 1 N–H and O–H groups in total. The zero-order valence-corrected chi connectivity index (χ0v) is 12.3. The van der Waals surface area contributed by atoms with Gasteiger partial charge in [0.1, 0.15) is 0 Å². The first-order valence-corrected chi connectivity index (χ1v) is 7.58. The van der Waals surface area contributed by atoms with Gasteiger partial charge in [0.05, 0.1) is 6.42 Å². The number of hydrogen-bond acceptors (Lipinski definition) is 3. The van der Waals surface area contributed by atoms with Crippen LogP contribution in [-0.4, -0.2) is 61.0 Å². The van der Waals surface area contributed by atoms with Gasteiger partial charge in [0.2, 0.25) is 5.91 Å². The summed E-state index contributed by atoms with van der Waals surface area (Å²) in [5.74, 6) is 0.185. The maximum absolute atomic E-state index is 12.3. The lowest BCUT2D eigenvalue weighted by atomic mass is 10.1. The van der Waals surface area contributed by atoms with Crippen molar-refractivity contribution in [3.8, 4) is 0 Å². The van der Waals surface area contributed by atoms with Crippen LogP contribution in [0.4, 0.5) is 0 Å². The lowest BCUT2D eigenvalue weighted by molar-refractivity contribution is -0.132. The summed E-state index contributed by atoms with van der Waals surface area (Å²) in [6, 6.07) is 8.26. The molecule has 0 unspecified atom stereocenters. The van der Waals surface area contributed by atoms with E-state index in [-0.39, 0.29) is 5.91 Å². The topological polar surface area (TPSA) is 35.6 Å². The van der Waals surface area contributed by atoms with Crippen LogP contribution in [0.15, 0.2) is 24.3 Å². The molecule has 0 saturated carbocycles. The van der Waals surface area contributed by atoms with Gasteiger partial charge in [-0.2, -0.15) is 0 Å². The summed E-state index contributed by atoms with van der Waals surface area (Å²) in [6.45, 7) is 5.82. The number of hydrogen-bond donors (Lipinski definition) is 1. The van der Waals surface area contributed by atoms with Crippen molar-refractivity contribution in [1.29, 1.82) is 0 Å². The summed E-state index contributed by atoms with van der Waals surface area (Å²) in [6.07, 6.45) is 0.407. The molecule has 1 amide bonds. The molecule has 0 atom stereocenters. The Morgan fingerprint density at radius 1 is 1.20 bits per heavy atom. The van der Waals surface area contributed by atoms with Crippen molar-refractivity contribution in [3.63, 3.8) is 0 Å². The van der Waals surface area contributed by atoms with E-state index in [9.17, 15) is 4.79 Å². The van der Waals surface area contributed by atoms with Crippen molar-refractivity contribution < 1.29 is 4.79 Å². The van der Waals surface area contributed by atoms with Crippen molar-refractivity contribution in [1.82, 2.24) is 15.1 Å². The van der Waals surface area contributed by atoms with Crippen LogP contribution in [0.25, 0.3) is 0 Å². The summed E-state index contributed by atoms with van der Waals surface area (Å²) in [4.78, 5) is 16.8. The molecule has 0 radical (unpaired) electrons. The molecule has 1 aromatic carbocycles. The van der Waals surface area contributed by atoms with Gasteiger partial charge in [-0.25, -0.2) is 0 Å². The minimum Gasteiger partial charge on any atom is -0.340 e. The number of halogens is 1. The maximum atomic E-state index is 12.3. The summed E-state index contributed by atoms with van der Waals surface area (Å²) in [7, 11) is 0. The molecule has 0 spiro atoms. The highest BCUT2D eigenvalue weighted by molar-refractivity contribution is 6.31. The molecular formula is C15H20ClN3O. The van der Waals surface area contributed by atoms with Crippen LogP contribution in [-0.2, 0) is 11.2 Å². The van der Waals surface area contributed by atoms with Crippen LogP contribution in [0, 0.1) is 0 Å². The van der Waals surface area contributed by atoms with E-state index in [0.29, 0.717) is 17.5 Å².